The van der Waals surface area contributed by atoms with E-state index in [0.29, 0.717) is 16.4 Å². The monoisotopic (exact) mass is 359 g/mol. The highest BCUT2D eigenvalue weighted by Crippen LogP contribution is 2.28. The number of nitro benzene ring substituents is 1. The van der Waals surface area contributed by atoms with E-state index in [0.717, 1.165) is 0 Å². The fourth-order valence-electron chi connectivity index (χ4n) is 2.68. The number of carbonyl (C=O) groups is 2. The third-order valence-electron chi connectivity index (χ3n) is 4.00. The second-order valence-electron chi connectivity index (χ2n) is 5.65. The van der Waals surface area contributed by atoms with E-state index in [-0.39, 0.29) is 30.5 Å². The number of rotatable bonds is 4. The number of para-hydroxylation sites is 1. The van der Waals surface area contributed by atoms with Crippen LogP contribution in [0.4, 0.5) is 17.1 Å². The molecule has 0 spiro atoms. The Morgan fingerprint density at radius 1 is 1.20 bits per heavy atom. The molecule has 2 aromatic carbocycles. The molecule has 0 saturated carbocycles. The van der Waals surface area contributed by atoms with E-state index in [1.807, 2.05) is 0 Å². The smallest absolute Gasteiger partial charge is 0.269 e. The lowest BCUT2D eigenvalue weighted by atomic mass is 10.1. The standard InChI is InChI=1S/C17H14ClN3O4/c18-14-3-1-2-4-15(14)19-17(23)11-9-16(22)20(10-11)12-5-7-13(8-6-12)21(24)25/h1-8,11H,9-10H2,(H,19,23)/t11-/m0/s1. The van der Waals surface area contributed by atoms with Gasteiger partial charge in [-0.3, -0.25) is 19.7 Å². The van der Waals surface area contributed by atoms with Crippen LogP contribution in [0, 0.1) is 16.0 Å². The molecule has 1 aliphatic heterocycles. The minimum Gasteiger partial charge on any atom is -0.324 e. The summed E-state index contributed by atoms with van der Waals surface area (Å²) in [5.41, 5.74) is 0.974. The Morgan fingerprint density at radius 2 is 1.88 bits per heavy atom. The molecule has 128 valence electrons. The second-order valence-corrected chi connectivity index (χ2v) is 6.06. The fourth-order valence-corrected chi connectivity index (χ4v) is 2.87. The minimum atomic E-state index is -0.515. The molecule has 0 unspecified atom stereocenters. The van der Waals surface area contributed by atoms with Crippen molar-refractivity contribution >= 4 is 40.5 Å². The van der Waals surface area contributed by atoms with Crippen LogP contribution in [-0.2, 0) is 9.59 Å². The van der Waals surface area contributed by atoms with Gasteiger partial charge in [0.05, 0.1) is 21.6 Å². The van der Waals surface area contributed by atoms with Crippen LogP contribution in [0.25, 0.3) is 0 Å². The van der Waals surface area contributed by atoms with Crippen molar-refractivity contribution < 1.29 is 14.5 Å². The molecule has 0 aromatic heterocycles. The molecule has 1 atom stereocenters. The number of halogens is 1. The predicted octanol–water partition coefficient (Wildman–Crippen LogP) is 3.24. The van der Waals surface area contributed by atoms with Crippen molar-refractivity contribution in [1.29, 1.82) is 0 Å². The van der Waals surface area contributed by atoms with Crippen molar-refractivity contribution in [3.05, 3.63) is 63.7 Å². The first-order chi connectivity index (χ1) is 12.0. The highest BCUT2D eigenvalue weighted by molar-refractivity contribution is 6.33. The van der Waals surface area contributed by atoms with Gasteiger partial charge in [-0.15, -0.1) is 0 Å². The number of hydrogen-bond acceptors (Lipinski definition) is 4. The van der Waals surface area contributed by atoms with Gasteiger partial charge < -0.3 is 10.2 Å². The molecule has 7 nitrogen and oxygen atoms in total. The number of nitrogens with zero attached hydrogens (tertiary/aromatic N) is 2. The largest absolute Gasteiger partial charge is 0.324 e. The van der Waals surface area contributed by atoms with Crippen LogP contribution in [0.1, 0.15) is 6.42 Å². The van der Waals surface area contributed by atoms with E-state index in [9.17, 15) is 19.7 Å². The van der Waals surface area contributed by atoms with Gasteiger partial charge in [-0.2, -0.15) is 0 Å². The summed E-state index contributed by atoms with van der Waals surface area (Å²) in [5.74, 6) is -1.00. The maximum atomic E-state index is 12.4. The number of amides is 2. The lowest BCUT2D eigenvalue weighted by Gasteiger charge is -2.16. The zero-order chi connectivity index (χ0) is 18.0. The first-order valence-corrected chi connectivity index (χ1v) is 7.93. The minimum absolute atomic E-state index is 0.0524. The molecule has 1 heterocycles. The number of nitrogens with one attached hydrogen (secondary N) is 1. The Hall–Kier alpha value is -2.93. The highest BCUT2D eigenvalue weighted by Gasteiger charge is 2.35. The number of nitro groups is 1. The van der Waals surface area contributed by atoms with Gasteiger partial charge in [0.1, 0.15) is 0 Å². The summed E-state index contributed by atoms with van der Waals surface area (Å²) in [7, 11) is 0. The molecule has 1 fully saturated rings. The van der Waals surface area contributed by atoms with Crippen LogP contribution in [0.2, 0.25) is 5.02 Å². The summed E-state index contributed by atoms with van der Waals surface area (Å²) in [5, 5.41) is 13.9. The summed E-state index contributed by atoms with van der Waals surface area (Å²) in [6.45, 7) is 0.215. The summed E-state index contributed by atoms with van der Waals surface area (Å²) in [6.07, 6.45) is 0.0767. The number of hydrogen-bond donors (Lipinski definition) is 1. The van der Waals surface area contributed by atoms with Gasteiger partial charge in [0, 0.05) is 30.8 Å². The van der Waals surface area contributed by atoms with E-state index in [4.69, 9.17) is 11.6 Å². The molecule has 8 heteroatoms. The molecular weight excluding hydrogens is 346 g/mol. The summed E-state index contributed by atoms with van der Waals surface area (Å²) in [4.78, 5) is 36.3. The molecule has 2 amide bonds. The van der Waals surface area contributed by atoms with Crippen LogP contribution in [0.3, 0.4) is 0 Å². The van der Waals surface area contributed by atoms with E-state index in [2.05, 4.69) is 5.32 Å². The number of anilines is 2. The number of carbonyl (C=O) groups excluding carboxylic acids is 2. The lowest BCUT2D eigenvalue weighted by molar-refractivity contribution is -0.384. The van der Waals surface area contributed by atoms with Crippen molar-refractivity contribution in [2.75, 3.05) is 16.8 Å². The van der Waals surface area contributed by atoms with Crippen LogP contribution < -0.4 is 10.2 Å². The Balaban J connectivity index is 1.70. The van der Waals surface area contributed by atoms with Crippen LogP contribution >= 0.6 is 11.6 Å². The SMILES string of the molecule is O=C(Nc1ccccc1Cl)[C@H]1CC(=O)N(c2ccc([N+](=O)[O-])cc2)C1. The average Bonchev–Trinajstić information content (AvgIpc) is 2.99. The summed E-state index contributed by atoms with van der Waals surface area (Å²) < 4.78 is 0. The molecule has 0 bridgehead atoms. The Bertz CT molecular complexity index is 838. The molecule has 1 aliphatic rings. The molecule has 0 aliphatic carbocycles. The molecule has 0 radical (unpaired) electrons. The molecule has 25 heavy (non-hydrogen) atoms. The molecule has 1 saturated heterocycles. The van der Waals surface area contributed by atoms with Crippen molar-refractivity contribution in [2.45, 2.75) is 6.42 Å². The van der Waals surface area contributed by atoms with Crippen molar-refractivity contribution in [2.24, 2.45) is 5.92 Å². The van der Waals surface area contributed by atoms with Crippen LogP contribution in [0.15, 0.2) is 48.5 Å². The molecule has 1 N–H and O–H groups in total. The topological polar surface area (TPSA) is 92.6 Å². The maximum absolute atomic E-state index is 12.4. The Labute approximate surface area is 148 Å². The summed E-state index contributed by atoms with van der Waals surface area (Å²) >= 11 is 6.02. The number of non-ortho nitro benzene ring substituents is 1. The van der Waals surface area contributed by atoms with Gasteiger partial charge in [0.2, 0.25) is 11.8 Å². The first-order valence-electron chi connectivity index (χ1n) is 7.56. The number of benzene rings is 2. The van der Waals surface area contributed by atoms with Gasteiger partial charge in [0.25, 0.3) is 5.69 Å². The molecule has 3 rings (SSSR count). The quantitative estimate of drug-likeness (QED) is 0.670. The Kier molecular flexibility index (Phi) is 4.67. The maximum Gasteiger partial charge on any atom is 0.269 e. The third-order valence-corrected chi connectivity index (χ3v) is 4.33. The zero-order valence-electron chi connectivity index (χ0n) is 13.0. The van der Waals surface area contributed by atoms with E-state index in [1.165, 1.54) is 29.2 Å². The normalized spacial score (nSPS) is 16.8. The summed E-state index contributed by atoms with van der Waals surface area (Å²) in [6, 6.07) is 12.5. The van der Waals surface area contributed by atoms with Crippen molar-refractivity contribution in [1.82, 2.24) is 0 Å². The van der Waals surface area contributed by atoms with Crippen LogP contribution in [-0.4, -0.2) is 23.3 Å². The van der Waals surface area contributed by atoms with E-state index < -0.39 is 10.8 Å². The predicted molar refractivity (Wildman–Crippen MR) is 93.6 cm³/mol. The third kappa shape index (κ3) is 3.61. The highest BCUT2D eigenvalue weighted by atomic mass is 35.5. The van der Waals surface area contributed by atoms with E-state index in [1.54, 1.807) is 24.3 Å². The molecular formula is C17H14ClN3O4. The van der Waals surface area contributed by atoms with Crippen molar-refractivity contribution in [3.63, 3.8) is 0 Å². The van der Waals surface area contributed by atoms with E-state index >= 15 is 0 Å². The second kappa shape index (κ2) is 6.90. The van der Waals surface area contributed by atoms with Gasteiger partial charge in [-0.25, -0.2) is 0 Å². The fraction of sp³-hybridized carbons (Fsp3) is 0.176. The van der Waals surface area contributed by atoms with Gasteiger partial charge in [-0.05, 0) is 24.3 Å². The Morgan fingerprint density at radius 3 is 2.52 bits per heavy atom. The van der Waals surface area contributed by atoms with Crippen LogP contribution in [0.5, 0.6) is 0 Å². The average molecular weight is 360 g/mol. The van der Waals surface area contributed by atoms with Gasteiger partial charge in [-0.1, -0.05) is 23.7 Å². The zero-order valence-corrected chi connectivity index (χ0v) is 13.8. The first kappa shape index (κ1) is 16.9. The lowest BCUT2D eigenvalue weighted by Crippen LogP contribution is -2.28. The van der Waals surface area contributed by atoms with Gasteiger partial charge >= 0.3 is 0 Å². The molecule has 2 aromatic rings. The van der Waals surface area contributed by atoms with Crippen molar-refractivity contribution in [3.8, 4) is 0 Å². The van der Waals surface area contributed by atoms with Gasteiger partial charge in [0.15, 0.2) is 0 Å².